The molecule has 0 amide bonds. The van der Waals surface area contributed by atoms with E-state index in [1.54, 1.807) is 0 Å². The van der Waals surface area contributed by atoms with E-state index in [4.69, 9.17) is 0 Å². The molecular formula is C17H18N4O2. The van der Waals surface area contributed by atoms with Crippen LogP contribution in [0.4, 0.5) is 5.69 Å². The molecule has 0 aliphatic heterocycles. The first-order valence-electron chi connectivity index (χ1n) is 7.48. The average molecular weight is 310 g/mol. The number of benzene rings is 1. The first-order valence-corrected chi connectivity index (χ1v) is 7.48. The molecule has 0 aliphatic rings. The van der Waals surface area contributed by atoms with Crippen LogP contribution in [0.25, 0.3) is 11.0 Å². The SMILES string of the molecule is CCc1cccc(CNc2cc(=O)n(O)c3ncnc(C)c23)c1. The second-order valence-corrected chi connectivity index (χ2v) is 5.39. The second kappa shape index (κ2) is 6.08. The Labute approximate surface area is 133 Å². The molecule has 6 nitrogen and oxygen atoms in total. The lowest BCUT2D eigenvalue weighted by Crippen LogP contribution is -2.20. The molecule has 0 saturated carbocycles. The molecule has 0 unspecified atom stereocenters. The lowest BCUT2D eigenvalue weighted by Gasteiger charge is -2.12. The van der Waals surface area contributed by atoms with E-state index < -0.39 is 5.56 Å². The largest absolute Gasteiger partial charge is 0.423 e. The lowest BCUT2D eigenvalue weighted by atomic mass is 10.1. The van der Waals surface area contributed by atoms with Crippen molar-refractivity contribution in [3.8, 4) is 0 Å². The van der Waals surface area contributed by atoms with E-state index in [-0.39, 0.29) is 5.65 Å². The molecular weight excluding hydrogens is 292 g/mol. The summed E-state index contributed by atoms with van der Waals surface area (Å²) in [7, 11) is 0. The van der Waals surface area contributed by atoms with Gasteiger partial charge in [0.2, 0.25) is 0 Å². The maximum atomic E-state index is 11.9. The molecule has 3 aromatic rings. The molecule has 0 bridgehead atoms. The predicted molar refractivity (Wildman–Crippen MR) is 88.9 cm³/mol. The summed E-state index contributed by atoms with van der Waals surface area (Å²) in [5, 5.41) is 13.7. The van der Waals surface area contributed by atoms with Gasteiger partial charge in [-0.1, -0.05) is 31.2 Å². The quantitative estimate of drug-likeness (QED) is 0.724. The molecule has 6 heteroatoms. The van der Waals surface area contributed by atoms with Gasteiger partial charge in [0, 0.05) is 12.6 Å². The van der Waals surface area contributed by atoms with Crippen molar-refractivity contribution in [2.45, 2.75) is 26.8 Å². The molecule has 2 aromatic heterocycles. The van der Waals surface area contributed by atoms with E-state index >= 15 is 0 Å². The number of aromatic nitrogens is 3. The molecule has 0 radical (unpaired) electrons. The fraction of sp³-hybridized carbons (Fsp3) is 0.235. The molecule has 23 heavy (non-hydrogen) atoms. The Morgan fingerprint density at radius 3 is 2.78 bits per heavy atom. The van der Waals surface area contributed by atoms with Crippen LogP contribution in [0.5, 0.6) is 0 Å². The molecule has 0 fully saturated rings. The minimum atomic E-state index is -0.527. The second-order valence-electron chi connectivity index (χ2n) is 5.39. The topological polar surface area (TPSA) is 80.0 Å². The molecule has 0 aliphatic carbocycles. The summed E-state index contributed by atoms with van der Waals surface area (Å²) in [5.41, 5.74) is 3.38. The number of nitrogens with one attached hydrogen (secondary N) is 1. The van der Waals surface area contributed by atoms with Crippen LogP contribution >= 0.6 is 0 Å². The van der Waals surface area contributed by atoms with Gasteiger partial charge in [0.05, 0.1) is 16.8 Å². The normalized spacial score (nSPS) is 10.9. The lowest BCUT2D eigenvalue weighted by molar-refractivity contribution is 0.186. The number of rotatable bonds is 4. The molecule has 0 atom stereocenters. The van der Waals surface area contributed by atoms with E-state index in [0.717, 1.165) is 12.0 Å². The average Bonchev–Trinajstić information content (AvgIpc) is 2.57. The highest BCUT2D eigenvalue weighted by Crippen LogP contribution is 2.22. The minimum absolute atomic E-state index is 0.204. The fourth-order valence-electron chi connectivity index (χ4n) is 2.59. The Morgan fingerprint density at radius 1 is 1.22 bits per heavy atom. The van der Waals surface area contributed by atoms with Gasteiger partial charge in [0.25, 0.3) is 5.56 Å². The van der Waals surface area contributed by atoms with Gasteiger partial charge < -0.3 is 10.5 Å². The number of hydrogen-bond acceptors (Lipinski definition) is 5. The van der Waals surface area contributed by atoms with Crippen LogP contribution in [0, 0.1) is 6.92 Å². The molecule has 118 valence electrons. The van der Waals surface area contributed by atoms with Crippen LogP contribution in [-0.4, -0.2) is 19.9 Å². The van der Waals surface area contributed by atoms with Crippen LogP contribution < -0.4 is 10.9 Å². The van der Waals surface area contributed by atoms with Crippen molar-refractivity contribution in [3.63, 3.8) is 0 Å². The molecule has 1 aromatic carbocycles. The third-order valence-electron chi connectivity index (χ3n) is 3.85. The molecule has 3 rings (SSSR count). The summed E-state index contributed by atoms with van der Waals surface area (Å²) in [5.74, 6) is 0. The van der Waals surface area contributed by atoms with Gasteiger partial charge in [0.1, 0.15) is 6.33 Å². The van der Waals surface area contributed by atoms with Gasteiger partial charge in [-0.05, 0) is 24.5 Å². The van der Waals surface area contributed by atoms with E-state index in [2.05, 4.69) is 34.3 Å². The van der Waals surface area contributed by atoms with Crippen molar-refractivity contribution in [1.29, 1.82) is 0 Å². The third-order valence-corrected chi connectivity index (χ3v) is 3.85. The first-order chi connectivity index (χ1) is 11.1. The summed E-state index contributed by atoms with van der Waals surface area (Å²) in [6.07, 6.45) is 2.31. The van der Waals surface area contributed by atoms with E-state index in [1.165, 1.54) is 18.0 Å². The maximum Gasteiger partial charge on any atom is 0.286 e. The highest BCUT2D eigenvalue weighted by molar-refractivity contribution is 5.90. The summed E-state index contributed by atoms with van der Waals surface area (Å²) in [4.78, 5) is 20.0. The van der Waals surface area contributed by atoms with Crippen molar-refractivity contribution in [2.24, 2.45) is 0 Å². The van der Waals surface area contributed by atoms with Crippen LogP contribution in [0.2, 0.25) is 0 Å². The number of pyridine rings is 1. The fourth-order valence-corrected chi connectivity index (χ4v) is 2.59. The zero-order valence-electron chi connectivity index (χ0n) is 13.1. The highest BCUT2D eigenvalue weighted by Gasteiger charge is 2.12. The van der Waals surface area contributed by atoms with Crippen LogP contribution in [-0.2, 0) is 13.0 Å². The zero-order valence-corrected chi connectivity index (χ0v) is 13.1. The van der Waals surface area contributed by atoms with Gasteiger partial charge in [-0.3, -0.25) is 4.79 Å². The van der Waals surface area contributed by atoms with Crippen LogP contribution in [0.1, 0.15) is 23.7 Å². The number of nitrogens with zero attached hydrogens (tertiary/aromatic N) is 3. The van der Waals surface area contributed by atoms with E-state index in [9.17, 15) is 10.0 Å². The monoisotopic (exact) mass is 310 g/mol. The van der Waals surface area contributed by atoms with Crippen molar-refractivity contribution in [2.75, 3.05) is 5.32 Å². The smallest absolute Gasteiger partial charge is 0.286 e. The Kier molecular flexibility index (Phi) is 3.97. The highest BCUT2D eigenvalue weighted by atomic mass is 16.5. The van der Waals surface area contributed by atoms with E-state index in [0.29, 0.717) is 28.0 Å². The Hall–Kier alpha value is -2.89. The molecule has 2 N–H and O–H groups in total. The first kappa shape index (κ1) is 15.0. The summed E-state index contributed by atoms with van der Waals surface area (Å²) in [6, 6.07) is 9.64. The van der Waals surface area contributed by atoms with Crippen LogP contribution in [0.15, 0.2) is 41.5 Å². The standard InChI is InChI=1S/C17H18N4O2/c1-3-12-5-4-6-13(7-12)9-18-14-8-15(22)21(23)17-16(14)11(2)19-10-20-17/h4-8,10,18,23H,3,9H2,1-2H3. The van der Waals surface area contributed by atoms with Gasteiger partial charge in [-0.15, -0.1) is 4.73 Å². The van der Waals surface area contributed by atoms with Crippen LogP contribution in [0.3, 0.4) is 0 Å². The maximum absolute atomic E-state index is 11.9. The third kappa shape index (κ3) is 2.88. The van der Waals surface area contributed by atoms with Gasteiger partial charge in [-0.25, -0.2) is 9.97 Å². The number of anilines is 1. The van der Waals surface area contributed by atoms with Crippen molar-refractivity contribution in [1.82, 2.24) is 14.7 Å². The zero-order chi connectivity index (χ0) is 16.4. The minimum Gasteiger partial charge on any atom is -0.423 e. The Morgan fingerprint density at radius 2 is 2.00 bits per heavy atom. The summed E-state index contributed by atoms with van der Waals surface area (Å²) in [6.45, 7) is 4.51. The molecule has 2 heterocycles. The predicted octanol–water partition coefficient (Wildman–Crippen LogP) is 2.51. The van der Waals surface area contributed by atoms with Crippen molar-refractivity contribution in [3.05, 3.63) is 63.8 Å². The van der Waals surface area contributed by atoms with Gasteiger partial charge in [0.15, 0.2) is 5.65 Å². The molecule has 0 saturated heterocycles. The Bertz CT molecular complexity index is 918. The van der Waals surface area contributed by atoms with Gasteiger partial charge >= 0.3 is 0 Å². The summed E-state index contributed by atoms with van der Waals surface area (Å²) >= 11 is 0. The van der Waals surface area contributed by atoms with E-state index in [1.807, 2.05) is 19.1 Å². The van der Waals surface area contributed by atoms with Crippen molar-refractivity contribution < 1.29 is 5.21 Å². The number of hydrogen-bond donors (Lipinski definition) is 2. The molecule has 0 spiro atoms. The number of fused-ring (bicyclic) bond motifs is 1. The van der Waals surface area contributed by atoms with Gasteiger partial charge in [-0.2, -0.15) is 0 Å². The van der Waals surface area contributed by atoms with Crippen molar-refractivity contribution >= 4 is 16.7 Å². The Balaban J connectivity index is 2.00. The number of aryl methyl sites for hydroxylation is 2. The summed E-state index contributed by atoms with van der Waals surface area (Å²) < 4.78 is 0.549.